The average Bonchev–Trinajstić information content (AvgIpc) is 3.14. The van der Waals surface area contributed by atoms with E-state index in [1.54, 1.807) is 12.1 Å². The van der Waals surface area contributed by atoms with Gasteiger partial charge in [-0.15, -0.1) is 0 Å². The van der Waals surface area contributed by atoms with Crippen LogP contribution in [0, 0.1) is 11.7 Å². The Balaban J connectivity index is 1.59. The summed E-state index contributed by atoms with van der Waals surface area (Å²) in [4.78, 5) is 11.3. The van der Waals surface area contributed by atoms with Crippen LogP contribution in [0.2, 0.25) is 0 Å². The summed E-state index contributed by atoms with van der Waals surface area (Å²) in [7, 11) is 0. The Morgan fingerprint density at radius 2 is 2.06 bits per heavy atom. The molecular weight excluding hydrogens is 219 g/mol. The molecule has 0 saturated heterocycles. The number of halogens is 1. The van der Waals surface area contributed by atoms with Crippen molar-refractivity contribution in [1.29, 1.82) is 0 Å². The maximum absolute atomic E-state index is 13.2. The van der Waals surface area contributed by atoms with Crippen LogP contribution < -0.4 is 10.6 Å². The van der Waals surface area contributed by atoms with Crippen molar-refractivity contribution in [3.63, 3.8) is 0 Å². The number of carbonyl (C=O) groups is 1. The molecule has 0 bridgehead atoms. The smallest absolute Gasteiger partial charge is 0.223 e. The third kappa shape index (κ3) is 3.82. The molecule has 0 radical (unpaired) electrons. The van der Waals surface area contributed by atoms with E-state index in [1.807, 2.05) is 6.07 Å². The first-order valence-corrected chi connectivity index (χ1v) is 5.99. The Bertz CT molecular complexity index is 391. The van der Waals surface area contributed by atoms with E-state index in [9.17, 15) is 9.18 Å². The summed E-state index contributed by atoms with van der Waals surface area (Å²) in [6, 6.07) is 6.70. The summed E-state index contributed by atoms with van der Waals surface area (Å²) in [5.74, 6) is 0.210. The van der Waals surface area contributed by atoms with Crippen LogP contribution in [-0.2, 0) is 11.3 Å². The first-order chi connectivity index (χ1) is 8.27. The third-order valence-corrected chi connectivity index (χ3v) is 2.82. The fourth-order valence-corrected chi connectivity index (χ4v) is 1.63. The molecule has 1 fully saturated rings. The summed E-state index contributed by atoms with van der Waals surface area (Å²) in [6.45, 7) is 1.75. The van der Waals surface area contributed by atoms with Crippen molar-refractivity contribution in [3.05, 3.63) is 35.6 Å². The summed E-state index contributed by atoms with van der Waals surface area (Å²) >= 11 is 0. The minimum atomic E-state index is -0.193. The molecule has 1 amide bonds. The van der Waals surface area contributed by atoms with Crippen molar-refractivity contribution in [3.8, 4) is 0 Å². The summed E-state index contributed by atoms with van der Waals surface area (Å²) in [6.07, 6.45) is 2.04. The van der Waals surface area contributed by atoms with Gasteiger partial charge in [0.05, 0.1) is 0 Å². The zero-order chi connectivity index (χ0) is 12.1. The number of rotatable bonds is 6. The Morgan fingerprint density at radius 1 is 1.29 bits per heavy atom. The molecule has 1 aromatic rings. The van der Waals surface area contributed by atoms with Crippen molar-refractivity contribution in [2.45, 2.75) is 19.4 Å². The zero-order valence-electron chi connectivity index (χ0n) is 9.71. The van der Waals surface area contributed by atoms with Gasteiger partial charge in [-0.1, -0.05) is 18.2 Å². The number of amides is 1. The predicted molar refractivity (Wildman–Crippen MR) is 63.8 cm³/mol. The van der Waals surface area contributed by atoms with Gasteiger partial charge >= 0.3 is 0 Å². The van der Waals surface area contributed by atoms with Gasteiger partial charge in [-0.05, 0) is 18.9 Å². The highest BCUT2D eigenvalue weighted by Crippen LogP contribution is 2.28. The van der Waals surface area contributed by atoms with Gasteiger partial charge < -0.3 is 10.6 Å². The molecule has 92 valence electrons. The van der Waals surface area contributed by atoms with Crippen LogP contribution in [0.4, 0.5) is 4.39 Å². The minimum Gasteiger partial charge on any atom is -0.355 e. The summed E-state index contributed by atoms with van der Waals surface area (Å²) in [5, 5.41) is 5.95. The number of hydrogen-bond donors (Lipinski definition) is 2. The first kappa shape index (κ1) is 12.0. The molecule has 1 aliphatic carbocycles. The van der Waals surface area contributed by atoms with E-state index in [1.165, 1.54) is 6.07 Å². The molecule has 17 heavy (non-hydrogen) atoms. The predicted octanol–water partition coefficient (Wildman–Crippen LogP) is 1.44. The fraction of sp³-hybridized carbons (Fsp3) is 0.462. The van der Waals surface area contributed by atoms with Gasteiger partial charge in [-0.2, -0.15) is 0 Å². The van der Waals surface area contributed by atoms with E-state index in [-0.39, 0.29) is 17.6 Å². The maximum atomic E-state index is 13.2. The van der Waals surface area contributed by atoms with Gasteiger partial charge in [0.15, 0.2) is 0 Å². The van der Waals surface area contributed by atoms with E-state index in [2.05, 4.69) is 10.6 Å². The highest BCUT2D eigenvalue weighted by atomic mass is 19.1. The topological polar surface area (TPSA) is 41.1 Å². The highest BCUT2D eigenvalue weighted by Gasteiger charge is 2.28. The van der Waals surface area contributed by atoms with Crippen LogP contribution in [-0.4, -0.2) is 19.0 Å². The second kappa shape index (κ2) is 5.77. The number of carbonyl (C=O) groups excluding carboxylic acids is 1. The van der Waals surface area contributed by atoms with Crippen molar-refractivity contribution in [1.82, 2.24) is 10.6 Å². The molecule has 0 unspecified atom stereocenters. The molecule has 0 atom stereocenters. The van der Waals surface area contributed by atoms with E-state index in [0.29, 0.717) is 25.2 Å². The Kier molecular flexibility index (Phi) is 4.09. The molecule has 1 aliphatic rings. The quantitative estimate of drug-likeness (QED) is 0.734. The molecule has 0 spiro atoms. The van der Waals surface area contributed by atoms with E-state index >= 15 is 0 Å². The van der Waals surface area contributed by atoms with Crippen molar-refractivity contribution in [2.75, 3.05) is 13.1 Å². The Labute approximate surface area is 100 Å². The van der Waals surface area contributed by atoms with Crippen LogP contribution in [0.25, 0.3) is 0 Å². The second-order valence-corrected chi connectivity index (χ2v) is 4.33. The van der Waals surface area contributed by atoms with Gasteiger partial charge in [0.2, 0.25) is 5.91 Å². The monoisotopic (exact) mass is 236 g/mol. The van der Waals surface area contributed by atoms with Crippen molar-refractivity contribution < 1.29 is 9.18 Å². The van der Waals surface area contributed by atoms with Gasteiger partial charge in [-0.25, -0.2) is 4.39 Å². The summed E-state index contributed by atoms with van der Waals surface area (Å²) in [5.41, 5.74) is 0.654. The lowest BCUT2D eigenvalue weighted by Gasteiger charge is -2.07. The van der Waals surface area contributed by atoms with Gasteiger partial charge in [0.25, 0.3) is 0 Å². The lowest BCUT2D eigenvalue weighted by Crippen LogP contribution is -2.32. The lowest BCUT2D eigenvalue weighted by atomic mass is 10.2. The normalized spacial score (nSPS) is 14.6. The molecule has 2 rings (SSSR count). The maximum Gasteiger partial charge on any atom is 0.223 e. The lowest BCUT2D eigenvalue weighted by molar-refractivity contribution is -0.122. The van der Waals surface area contributed by atoms with Gasteiger partial charge in [0.1, 0.15) is 5.82 Å². The molecule has 0 heterocycles. The third-order valence-electron chi connectivity index (χ3n) is 2.82. The Hall–Kier alpha value is -1.42. The molecule has 0 aliphatic heterocycles. The average molecular weight is 236 g/mol. The SMILES string of the molecule is O=C(NCCNCc1ccccc1F)C1CC1. The van der Waals surface area contributed by atoms with E-state index in [4.69, 9.17) is 0 Å². The second-order valence-electron chi connectivity index (χ2n) is 4.33. The minimum absolute atomic E-state index is 0.151. The standard InChI is InChI=1S/C13H17FN2O/c14-12-4-2-1-3-11(12)9-15-7-8-16-13(17)10-5-6-10/h1-4,10,15H,5-9H2,(H,16,17). The molecule has 3 nitrogen and oxygen atoms in total. The highest BCUT2D eigenvalue weighted by molar-refractivity contribution is 5.80. The Morgan fingerprint density at radius 3 is 2.76 bits per heavy atom. The van der Waals surface area contributed by atoms with Crippen LogP contribution in [0.1, 0.15) is 18.4 Å². The molecule has 4 heteroatoms. The number of hydrogen-bond acceptors (Lipinski definition) is 2. The molecular formula is C13H17FN2O. The molecule has 1 aromatic carbocycles. The van der Waals surface area contributed by atoms with Crippen LogP contribution >= 0.6 is 0 Å². The first-order valence-electron chi connectivity index (χ1n) is 5.99. The molecule has 2 N–H and O–H groups in total. The summed E-state index contributed by atoms with van der Waals surface area (Å²) < 4.78 is 13.2. The zero-order valence-corrected chi connectivity index (χ0v) is 9.71. The molecule has 1 saturated carbocycles. The van der Waals surface area contributed by atoms with Crippen LogP contribution in [0.3, 0.4) is 0 Å². The number of benzene rings is 1. The van der Waals surface area contributed by atoms with E-state index in [0.717, 1.165) is 12.8 Å². The molecule has 0 aromatic heterocycles. The number of nitrogens with one attached hydrogen (secondary N) is 2. The van der Waals surface area contributed by atoms with Crippen molar-refractivity contribution >= 4 is 5.91 Å². The van der Waals surface area contributed by atoms with Crippen molar-refractivity contribution in [2.24, 2.45) is 5.92 Å². The van der Waals surface area contributed by atoms with Crippen LogP contribution in [0.15, 0.2) is 24.3 Å². The van der Waals surface area contributed by atoms with Gasteiger partial charge in [-0.3, -0.25) is 4.79 Å². The fourth-order valence-electron chi connectivity index (χ4n) is 1.63. The van der Waals surface area contributed by atoms with Gasteiger partial charge in [0, 0.05) is 31.1 Å². The van der Waals surface area contributed by atoms with Crippen LogP contribution in [0.5, 0.6) is 0 Å². The largest absolute Gasteiger partial charge is 0.355 e. The van der Waals surface area contributed by atoms with E-state index < -0.39 is 0 Å².